The van der Waals surface area contributed by atoms with Gasteiger partial charge in [0.25, 0.3) is 0 Å². The number of rotatable bonds is 11. The number of amides is 1. The highest BCUT2D eigenvalue weighted by atomic mass is 16.6. The van der Waals surface area contributed by atoms with Crippen LogP contribution >= 0.6 is 0 Å². The smallest absolute Gasteiger partial charge is 0.408 e. The second-order valence-corrected chi connectivity index (χ2v) is 18.3. The molecule has 4 N–H and O–H groups in total. The van der Waals surface area contributed by atoms with Gasteiger partial charge in [-0.2, -0.15) is 0 Å². The third-order valence-electron chi connectivity index (χ3n) is 12.6. The summed E-state index contributed by atoms with van der Waals surface area (Å²) >= 11 is 0. The largest absolute Gasteiger partial charge is 0.479 e. The first-order chi connectivity index (χ1) is 30.8. The number of carbonyl (C=O) groups is 6. The first-order valence-corrected chi connectivity index (χ1v) is 22.9. The summed E-state index contributed by atoms with van der Waals surface area (Å²) in [4.78, 5) is 69.8. The van der Waals surface area contributed by atoms with Gasteiger partial charge >= 0.3 is 30.0 Å². The molecule has 1 saturated heterocycles. The Labute approximate surface area is 391 Å². The molecule has 1 aliphatic heterocycles. The number of carbonyl (C=O) groups excluding carboxylic acids is 5. The summed E-state index contributed by atoms with van der Waals surface area (Å²) in [6.45, 7) is 25.9. The average molecular weight is 926 g/mol. The van der Waals surface area contributed by atoms with E-state index in [4.69, 9.17) is 28.8 Å². The minimum absolute atomic E-state index is 0.0253. The Kier molecular flexibility index (Phi) is 20.8. The lowest BCUT2D eigenvalue weighted by Gasteiger charge is -2.56. The van der Waals surface area contributed by atoms with E-state index >= 15 is 0 Å². The minimum atomic E-state index is -1.76. The molecule has 0 aromatic heterocycles. The van der Waals surface area contributed by atoms with E-state index in [0.29, 0.717) is 30.6 Å². The molecule has 2 saturated carbocycles. The second kappa shape index (κ2) is 24.1. The minimum Gasteiger partial charge on any atom is -0.479 e. The molecule has 0 radical (unpaired) electrons. The zero-order valence-electron chi connectivity index (χ0n) is 41.4. The molecule has 2 aromatic carbocycles. The molecule has 15 nitrogen and oxygen atoms in total. The quantitative estimate of drug-likeness (QED) is 0.0948. The number of carboxylic acid groups (broad SMARTS) is 1. The van der Waals surface area contributed by atoms with Gasteiger partial charge in [0.15, 0.2) is 24.1 Å². The first kappa shape index (κ1) is 57.0. The van der Waals surface area contributed by atoms with Gasteiger partial charge in [0.1, 0.15) is 23.9 Å². The number of hydrogen-bond acceptors (Lipinski definition) is 13. The van der Waals surface area contributed by atoms with Crippen molar-refractivity contribution in [2.45, 2.75) is 151 Å². The molecule has 0 spiro atoms. The number of aliphatic carboxylic acids is 1. The summed E-state index contributed by atoms with van der Waals surface area (Å²) in [5, 5.41) is 31.8. The van der Waals surface area contributed by atoms with E-state index in [2.05, 4.69) is 18.3 Å². The third-order valence-corrected chi connectivity index (χ3v) is 12.6. The Morgan fingerprint density at radius 3 is 1.91 bits per heavy atom. The fourth-order valence-corrected chi connectivity index (χ4v) is 9.14. The molecule has 4 aliphatic rings. The zero-order chi connectivity index (χ0) is 50.4. The summed E-state index contributed by atoms with van der Waals surface area (Å²) < 4.78 is 26.5. The van der Waals surface area contributed by atoms with Crippen LogP contribution in [0.25, 0.3) is 0 Å². The third kappa shape index (κ3) is 13.7. The van der Waals surface area contributed by atoms with Crippen molar-refractivity contribution in [1.82, 2.24) is 5.32 Å². The van der Waals surface area contributed by atoms with Gasteiger partial charge in [-0.05, 0) is 76.5 Å². The van der Waals surface area contributed by atoms with Gasteiger partial charge in [0.05, 0.1) is 18.2 Å². The van der Waals surface area contributed by atoms with Crippen LogP contribution in [0.3, 0.4) is 0 Å². The summed E-state index contributed by atoms with van der Waals surface area (Å²) in [6, 6.07) is 16.1. The van der Waals surface area contributed by atoms with Crippen molar-refractivity contribution in [3.05, 3.63) is 83.4 Å². The number of alkyl carbamates (subject to hydrolysis) is 1. The molecule has 66 heavy (non-hydrogen) atoms. The molecule has 15 heteroatoms. The van der Waals surface area contributed by atoms with Crippen LogP contribution in [0.4, 0.5) is 4.79 Å². The van der Waals surface area contributed by atoms with Crippen LogP contribution in [0.1, 0.15) is 138 Å². The van der Waals surface area contributed by atoms with Gasteiger partial charge in [-0.1, -0.05) is 116 Å². The normalized spacial score (nSPS) is 27.0. The van der Waals surface area contributed by atoms with Crippen LogP contribution in [-0.4, -0.2) is 99.9 Å². The van der Waals surface area contributed by atoms with Crippen LogP contribution < -0.4 is 5.32 Å². The van der Waals surface area contributed by atoms with Crippen LogP contribution in [0.2, 0.25) is 0 Å². The first-order valence-electron chi connectivity index (χ1n) is 22.9. The van der Waals surface area contributed by atoms with Crippen molar-refractivity contribution in [2.24, 2.45) is 28.6 Å². The molecule has 3 aliphatic carbocycles. The maximum Gasteiger partial charge on any atom is 0.408 e. The number of Topliss-reactive ketones (excluding diaryl/α,β-unsaturated/α-hetero) is 1. The van der Waals surface area contributed by atoms with Gasteiger partial charge in [0.2, 0.25) is 0 Å². The molecule has 1 heterocycles. The lowest BCUT2D eigenvalue weighted by Crippen LogP contribution is -2.69. The zero-order valence-corrected chi connectivity index (χ0v) is 41.4. The van der Waals surface area contributed by atoms with E-state index in [1.165, 1.54) is 19.4 Å². The summed E-state index contributed by atoms with van der Waals surface area (Å²) in [5.74, 6) is -2.43. The molecule has 3 unspecified atom stereocenters. The number of hydrogen-bond donors (Lipinski definition) is 4. The Bertz CT molecular complexity index is 1980. The second-order valence-electron chi connectivity index (χ2n) is 18.3. The standard InChI is InChI=1S/C17H22O3.C16H22O6.C14H19NO5.2C2H6/c1-13-9-10-17(19,16(2,3)11-13)12-20-15(18)14-7-5-4-6-8-14;1-8-12-5-14-15(7-21-14,22-11(4)18)9(2)16(8,12)13(19)6-20-10(3)17;1-14(2,3)20-13(19)15-10(11(16)12(17)18)9-7-5-4-6-8-9;2*1-2/h4-8,11,19H,9-10,12H2,1-3H3;8-9,12,14H,5-7H2,1-4H3;4-8,10-11,16H,1-3H3,(H,15,19)(H,17,18);2*1-2H3/t17-;8-,9?,12?,14+,15+,16?;10-,11+;;/m100../s1. The molecule has 1 amide bonds. The lowest BCUT2D eigenvalue weighted by atomic mass is 9.63. The molecule has 2 aromatic rings. The fraction of sp³-hybridized carbons (Fsp3) is 0.608. The van der Waals surface area contributed by atoms with Gasteiger partial charge in [-0.25, -0.2) is 14.4 Å². The molecule has 9 atom stereocenters. The van der Waals surface area contributed by atoms with Crippen molar-refractivity contribution in [2.75, 3.05) is 19.8 Å². The monoisotopic (exact) mass is 926 g/mol. The number of fused-ring (bicyclic) bond motifs is 2. The number of ether oxygens (including phenoxy) is 5. The van der Waals surface area contributed by atoms with Crippen LogP contribution in [0.15, 0.2) is 72.3 Å². The predicted octanol–water partition coefficient (Wildman–Crippen LogP) is 8.20. The van der Waals surface area contributed by atoms with Crippen molar-refractivity contribution in [1.29, 1.82) is 0 Å². The number of aliphatic hydroxyl groups excluding tert-OH is 1. The van der Waals surface area contributed by atoms with E-state index in [1.807, 2.05) is 61.5 Å². The van der Waals surface area contributed by atoms with Crippen molar-refractivity contribution < 1.29 is 67.8 Å². The maximum absolute atomic E-state index is 12.7. The molecule has 368 valence electrons. The average Bonchev–Trinajstić information content (AvgIpc) is 3.87. The molecular weight excluding hydrogens is 851 g/mol. The van der Waals surface area contributed by atoms with E-state index < -0.39 is 57.8 Å². The van der Waals surface area contributed by atoms with Gasteiger partial charge in [-0.3, -0.25) is 14.4 Å². The Morgan fingerprint density at radius 1 is 0.879 bits per heavy atom. The number of nitrogens with one attached hydrogen (secondary N) is 1. The van der Waals surface area contributed by atoms with Crippen LogP contribution in [-0.2, 0) is 42.9 Å². The number of esters is 3. The fourth-order valence-electron chi connectivity index (χ4n) is 9.14. The summed E-state index contributed by atoms with van der Waals surface area (Å²) in [7, 11) is 0. The van der Waals surface area contributed by atoms with Crippen LogP contribution in [0.5, 0.6) is 0 Å². The highest BCUT2D eigenvalue weighted by Gasteiger charge is 2.79. The van der Waals surface area contributed by atoms with Crippen molar-refractivity contribution in [3.63, 3.8) is 0 Å². The van der Waals surface area contributed by atoms with Gasteiger partial charge < -0.3 is 44.3 Å². The van der Waals surface area contributed by atoms with E-state index in [0.717, 1.165) is 6.42 Å². The van der Waals surface area contributed by atoms with E-state index in [1.54, 1.807) is 75.4 Å². The lowest BCUT2D eigenvalue weighted by molar-refractivity contribution is -0.291. The number of ketones is 1. The molecular formula is C51H75NO14. The number of aliphatic hydroxyl groups is 2. The molecule has 3 fully saturated rings. The molecule has 6 rings (SSSR count). The Hall–Kier alpha value is -5.12. The Morgan fingerprint density at radius 2 is 1.44 bits per heavy atom. The van der Waals surface area contributed by atoms with Gasteiger partial charge in [-0.15, -0.1) is 0 Å². The summed E-state index contributed by atoms with van der Waals surface area (Å²) in [5.41, 5.74) is -1.12. The van der Waals surface area contributed by atoms with Crippen LogP contribution in [0, 0.1) is 28.6 Å². The molecule has 0 bridgehead atoms. The topological polar surface area (TPSA) is 221 Å². The highest BCUT2D eigenvalue weighted by molar-refractivity contribution is 5.92. The Balaban J connectivity index is 0.000000328. The van der Waals surface area contributed by atoms with E-state index in [-0.39, 0.29) is 54.8 Å². The SMILES string of the molecule is CC.CC.CC(=O)OCC(=O)C12C(C[C@H]3OC[C@@]3(OC(C)=O)C1C)[C@@H]2C.CC(C)(C)OC(=O)N[C@@H](c1ccccc1)[C@@H](O)C(=O)O.CC1=CC(C)(C)[C@](O)(COC(=O)c2ccccc2)CC1. The van der Waals surface area contributed by atoms with Gasteiger partial charge in [0, 0.05) is 30.6 Å². The predicted molar refractivity (Wildman–Crippen MR) is 248 cm³/mol. The maximum atomic E-state index is 12.7. The highest BCUT2D eigenvalue weighted by Crippen LogP contribution is 2.73. The number of allylic oxidation sites excluding steroid dienone is 1. The number of benzene rings is 2. The van der Waals surface area contributed by atoms with Crippen molar-refractivity contribution in [3.8, 4) is 0 Å². The summed E-state index contributed by atoms with van der Waals surface area (Å²) in [6.07, 6.45) is 1.57. The van der Waals surface area contributed by atoms with Crippen molar-refractivity contribution >= 4 is 35.8 Å². The number of carboxylic acids is 1. The van der Waals surface area contributed by atoms with E-state index in [9.17, 15) is 39.0 Å².